The zero-order chi connectivity index (χ0) is 21.9. The van der Waals surface area contributed by atoms with Crippen LogP contribution in [-0.4, -0.2) is 46.4 Å². The predicted octanol–water partition coefficient (Wildman–Crippen LogP) is 4.12. The third kappa shape index (κ3) is 3.86. The molecule has 0 saturated carbocycles. The van der Waals surface area contributed by atoms with Gasteiger partial charge < -0.3 is 19.2 Å². The van der Waals surface area contributed by atoms with E-state index < -0.39 is 0 Å². The van der Waals surface area contributed by atoms with Crippen LogP contribution in [0.1, 0.15) is 18.4 Å². The van der Waals surface area contributed by atoms with Crippen molar-refractivity contribution in [1.29, 1.82) is 5.26 Å². The molecule has 4 aromatic rings. The molecule has 160 valence electrons. The number of hydrogen-bond acceptors (Lipinski definition) is 7. The first-order chi connectivity index (χ1) is 15.7. The number of benzene rings is 2. The molecule has 8 nitrogen and oxygen atoms in total. The van der Waals surface area contributed by atoms with Gasteiger partial charge in [-0.05, 0) is 42.5 Å². The molecule has 1 fully saturated rings. The van der Waals surface area contributed by atoms with Crippen LogP contribution in [0.15, 0.2) is 48.8 Å². The largest absolute Gasteiger partial charge is 0.497 e. The third-order valence-electron chi connectivity index (χ3n) is 5.49. The summed E-state index contributed by atoms with van der Waals surface area (Å²) < 4.78 is 16.7. The summed E-state index contributed by atoms with van der Waals surface area (Å²) >= 11 is 0. The van der Waals surface area contributed by atoms with Crippen LogP contribution in [0.4, 0.5) is 0 Å². The molecule has 0 bridgehead atoms. The summed E-state index contributed by atoms with van der Waals surface area (Å²) in [4.78, 5) is 16.7. The van der Waals surface area contributed by atoms with Gasteiger partial charge in [-0.1, -0.05) is 0 Å². The number of aromatic amines is 1. The number of nitrogens with one attached hydrogen (secondary N) is 1. The van der Waals surface area contributed by atoms with E-state index in [1.54, 1.807) is 13.2 Å². The fourth-order valence-electron chi connectivity index (χ4n) is 3.77. The van der Waals surface area contributed by atoms with Crippen LogP contribution in [0.5, 0.6) is 11.5 Å². The Balaban J connectivity index is 1.49. The molecule has 0 unspecified atom stereocenters. The zero-order valence-electron chi connectivity index (χ0n) is 17.5. The number of hydrogen-bond donors (Lipinski definition) is 1. The van der Waals surface area contributed by atoms with Crippen molar-refractivity contribution in [2.45, 2.75) is 18.9 Å². The molecule has 32 heavy (non-hydrogen) atoms. The van der Waals surface area contributed by atoms with Crippen LogP contribution < -0.4 is 9.47 Å². The number of nitriles is 1. The number of H-pyrrole nitrogens is 1. The monoisotopic (exact) mass is 427 g/mol. The number of nitrogens with zero attached hydrogens (tertiary/aromatic N) is 4. The van der Waals surface area contributed by atoms with E-state index in [9.17, 15) is 5.26 Å². The Bertz CT molecular complexity index is 1290. The molecule has 8 heteroatoms. The minimum Gasteiger partial charge on any atom is -0.497 e. The Kier molecular flexibility index (Phi) is 5.40. The van der Waals surface area contributed by atoms with Gasteiger partial charge in [0.1, 0.15) is 41.3 Å². The van der Waals surface area contributed by atoms with Crippen LogP contribution >= 0.6 is 0 Å². The minimum atomic E-state index is 0.0621. The lowest BCUT2D eigenvalue weighted by molar-refractivity contribution is 0.0254. The summed E-state index contributed by atoms with van der Waals surface area (Å²) in [6.45, 7) is 1.36. The Labute approximate surface area is 184 Å². The summed E-state index contributed by atoms with van der Waals surface area (Å²) in [7, 11) is 1.63. The molecule has 0 spiro atoms. The molecule has 1 aliphatic rings. The maximum atomic E-state index is 9.71. The highest BCUT2D eigenvalue weighted by Crippen LogP contribution is 2.31. The third-order valence-corrected chi connectivity index (χ3v) is 5.49. The summed E-state index contributed by atoms with van der Waals surface area (Å²) in [6.07, 6.45) is 3.18. The number of ether oxygens (including phenoxy) is 3. The second kappa shape index (κ2) is 8.65. The van der Waals surface area contributed by atoms with Gasteiger partial charge in [-0.2, -0.15) is 5.26 Å². The maximum Gasteiger partial charge on any atom is 0.181 e. The molecule has 1 saturated heterocycles. The van der Waals surface area contributed by atoms with E-state index in [2.05, 4.69) is 26.0 Å². The van der Waals surface area contributed by atoms with E-state index in [-0.39, 0.29) is 6.10 Å². The SMILES string of the molecule is COc1ccc(-c2nc3ncnc(-c4ccc(OC5CCOCC5)c(C#N)c4)c3[nH]2)cc1. The number of aromatic nitrogens is 4. The van der Waals surface area contributed by atoms with Gasteiger partial charge in [-0.25, -0.2) is 15.0 Å². The predicted molar refractivity (Wildman–Crippen MR) is 118 cm³/mol. The van der Waals surface area contributed by atoms with Crippen molar-refractivity contribution in [3.05, 3.63) is 54.4 Å². The molecule has 0 aliphatic carbocycles. The van der Waals surface area contributed by atoms with Crippen molar-refractivity contribution < 1.29 is 14.2 Å². The fourth-order valence-corrected chi connectivity index (χ4v) is 3.77. The molecule has 0 radical (unpaired) electrons. The second-order valence-corrected chi connectivity index (χ2v) is 7.49. The lowest BCUT2D eigenvalue weighted by atomic mass is 10.1. The van der Waals surface area contributed by atoms with Gasteiger partial charge in [-0.15, -0.1) is 0 Å². The van der Waals surface area contributed by atoms with Crippen molar-refractivity contribution in [3.8, 4) is 40.2 Å². The number of methoxy groups -OCH3 is 1. The van der Waals surface area contributed by atoms with E-state index in [4.69, 9.17) is 14.2 Å². The van der Waals surface area contributed by atoms with Crippen LogP contribution in [0.3, 0.4) is 0 Å². The molecule has 2 aromatic carbocycles. The molecule has 0 atom stereocenters. The van der Waals surface area contributed by atoms with Gasteiger partial charge in [0.25, 0.3) is 0 Å². The molecule has 3 heterocycles. The standard InChI is InChI=1S/C24H21N5O3/c1-30-18-5-2-15(3-6-18)23-28-22-21(26-14-27-24(22)29-23)16-4-7-20(17(12-16)13-25)32-19-8-10-31-11-9-19/h2-7,12,14,19H,8-11H2,1H3,(H,26,27,28,29). The highest BCUT2D eigenvalue weighted by Gasteiger charge is 2.19. The first-order valence-electron chi connectivity index (χ1n) is 10.4. The minimum absolute atomic E-state index is 0.0621. The van der Waals surface area contributed by atoms with Crippen molar-refractivity contribution >= 4 is 11.2 Å². The topological polar surface area (TPSA) is 106 Å². The highest BCUT2D eigenvalue weighted by molar-refractivity contribution is 5.89. The Morgan fingerprint density at radius 2 is 1.84 bits per heavy atom. The van der Waals surface area contributed by atoms with Gasteiger partial charge in [0, 0.05) is 24.0 Å². The van der Waals surface area contributed by atoms with Crippen LogP contribution in [0, 0.1) is 11.3 Å². The molecule has 1 aliphatic heterocycles. The zero-order valence-corrected chi connectivity index (χ0v) is 17.5. The lowest BCUT2D eigenvalue weighted by Gasteiger charge is -2.23. The van der Waals surface area contributed by atoms with Gasteiger partial charge in [-0.3, -0.25) is 0 Å². The van der Waals surface area contributed by atoms with Crippen molar-refractivity contribution in [2.75, 3.05) is 20.3 Å². The highest BCUT2D eigenvalue weighted by atomic mass is 16.5. The van der Waals surface area contributed by atoms with E-state index >= 15 is 0 Å². The molecule has 2 aromatic heterocycles. The van der Waals surface area contributed by atoms with Crippen LogP contribution in [-0.2, 0) is 4.74 Å². The van der Waals surface area contributed by atoms with Gasteiger partial charge in [0.05, 0.1) is 31.6 Å². The Morgan fingerprint density at radius 3 is 2.59 bits per heavy atom. The van der Waals surface area contributed by atoms with E-state index in [1.165, 1.54) is 6.33 Å². The van der Waals surface area contributed by atoms with Crippen molar-refractivity contribution in [1.82, 2.24) is 19.9 Å². The average molecular weight is 427 g/mol. The lowest BCUT2D eigenvalue weighted by Crippen LogP contribution is -2.26. The Hall–Kier alpha value is -3.96. The molecular weight excluding hydrogens is 406 g/mol. The molecule has 5 rings (SSSR count). The first kappa shape index (κ1) is 20.0. The molecule has 0 amide bonds. The van der Waals surface area contributed by atoms with E-state index in [0.29, 0.717) is 47.2 Å². The molecule has 1 N–H and O–H groups in total. The number of imidazole rings is 1. The first-order valence-corrected chi connectivity index (χ1v) is 10.4. The van der Waals surface area contributed by atoms with E-state index in [1.807, 2.05) is 36.4 Å². The maximum absolute atomic E-state index is 9.71. The molecular formula is C24H21N5O3. The summed E-state index contributed by atoms with van der Waals surface area (Å²) in [5.74, 6) is 2.04. The average Bonchev–Trinajstić information content (AvgIpc) is 3.29. The second-order valence-electron chi connectivity index (χ2n) is 7.49. The summed E-state index contributed by atoms with van der Waals surface area (Å²) in [5.41, 5.74) is 4.11. The van der Waals surface area contributed by atoms with Gasteiger partial charge >= 0.3 is 0 Å². The normalized spacial score (nSPS) is 14.2. The summed E-state index contributed by atoms with van der Waals surface area (Å²) in [5, 5.41) is 9.71. The van der Waals surface area contributed by atoms with Crippen LogP contribution in [0.25, 0.3) is 33.8 Å². The Morgan fingerprint density at radius 1 is 1.06 bits per heavy atom. The van der Waals surface area contributed by atoms with Crippen molar-refractivity contribution in [3.63, 3.8) is 0 Å². The smallest absolute Gasteiger partial charge is 0.181 e. The number of rotatable bonds is 5. The number of fused-ring (bicyclic) bond motifs is 1. The van der Waals surface area contributed by atoms with E-state index in [0.717, 1.165) is 29.7 Å². The van der Waals surface area contributed by atoms with Crippen molar-refractivity contribution in [2.24, 2.45) is 0 Å². The quantitative estimate of drug-likeness (QED) is 0.510. The van der Waals surface area contributed by atoms with Gasteiger partial charge in [0.2, 0.25) is 0 Å². The summed E-state index contributed by atoms with van der Waals surface area (Å²) in [6, 6.07) is 15.4. The van der Waals surface area contributed by atoms with Crippen LogP contribution in [0.2, 0.25) is 0 Å². The fraction of sp³-hybridized carbons (Fsp3) is 0.250. The van der Waals surface area contributed by atoms with Gasteiger partial charge in [0.15, 0.2) is 5.65 Å².